The zero-order chi connectivity index (χ0) is 14.8. The van der Waals surface area contributed by atoms with E-state index in [1.165, 1.54) is 6.42 Å². The van der Waals surface area contributed by atoms with Crippen LogP contribution in [0.15, 0.2) is 18.2 Å². The van der Waals surface area contributed by atoms with Crippen LogP contribution in [-0.4, -0.2) is 18.0 Å². The molecule has 1 saturated carbocycles. The molecule has 0 saturated heterocycles. The lowest BCUT2D eigenvalue weighted by atomic mass is 9.97. The van der Waals surface area contributed by atoms with Crippen LogP contribution in [0.3, 0.4) is 0 Å². The standard InChI is InChI=1S/C17H20O4/c1-11-7-8-13-14(9-11)17(19)21-15(13)10-16(18)20-12-5-3-2-4-6-12/h7-9,12,15H,2-6,10H2,1H3. The van der Waals surface area contributed by atoms with E-state index in [2.05, 4.69) is 0 Å². The lowest BCUT2D eigenvalue weighted by molar-refractivity contribution is -0.152. The van der Waals surface area contributed by atoms with Crippen LogP contribution < -0.4 is 0 Å². The van der Waals surface area contributed by atoms with Crippen molar-refractivity contribution in [2.45, 2.75) is 57.7 Å². The number of rotatable bonds is 3. The van der Waals surface area contributed by atoms with Gasteiger partial charge >= 0.3 is 11.9 Å². The molecule has 2 aliphatic rings. The number of carbonyl (C=O) groups is 2. The summed E-state index contributed by atoms with van der Waals surface area (Å²) < 4.78 is 10.8. The molecule has 1 aliphatic carbocycles. The van der Waals surface area contributed by atoms with Gasteiger partial charge in [-0.05, 0) is 38.7 Å². The molecule has 0 spiro atoms. The third-order valence-electron chi connectivity index (χ3n) is 4.23. The number of carbonyl (C=O) groups excluding carboxylic acids is 2. The Morgan fingerprint density at radius 3 is 2.81 bits per heavy atom. The fourth-order valence-electron chi connectivity index (χ4n) is 3.10. The SMILES string of the molecule is Cc1ccc2c(c1)C(=O)OC2CC(=O)OC1CCCCC1. The van der Waals surface area contributed by atoms with E-state index < -0.39 is 6.10 Å². The van der Waals surface area contributed by atoms with Crippen LogP contribution in [0.5, 0.6) is 0 Å². The first-order valence-corrected chi connectivity index (χ1v) is 7.64. The van der Waals surface area contributed by atoms with Gasteiger partial charge in [0.05, 0.1) is 12.0 Å². The Kier molecular flexibility index (Phi) is 3.95. The van der Waals surface area contributed by atoms with E-state index in [-0.39, 0.29) is 24.5 Å². The maximum Gasteiger partial charge on any atom is 0.339 e. The molecule has 4 heteroatoms. The molecular weight excluding hydrogens is 268 g/mol. The molecule has 1 unspecified atom stereocenters. The maximum absolute atomic E-state index is 12.0. The van der Waals surface area contributed by atoms with Gasteiger partial charge in [-0.2, -0.15) is 0 Å². The van der Waals surface area contributed by atoms with E-state index in [9.17, 15) is 9.59 Å². The lowest BCUT2D eigenvalue weighted by Gasteiger charge is -2.22. The molecule has 1 aromatic rings. The molecule has 0 amide bonds. The summed E-state index contributed by atoms with van der Waals surface area (Å²) in [6.45, 7) is 1.93. The normalized spacial score (nSPS) is 21.8. The molecule has 21 heavy (non-hydrogen) atoms. The minimum atomic E-state index is -0.496. The van der Waals surface area contributed by atoms with Crippen LogP contribution in [0.25, 0.3) is 0 Å². The van der Waals surface area contributed by atoms with E-state index in [1.807, 2.05) is 25.1 Å². The van der Waals surface area contributed by atoms with Gasteiger partial charge in [0.25, 0.3) is 0 Å². The van der Waals surface area contributed by atoms with Crippen molar-refractivity contribution in [3.8, 4) is 0 Å². The van der Waals surface area contributed by atoms with Gasteiger partial charge in [0.1, 0.15) is 12.2 Å². The monoisotopic (exact) mass is 288 g/mol. The highest BCUT2D eigenvalue weighted by molar-refractivity contribution is 5.94. The molecule has 1 fully saturated rings. The van der Waals surface area contributed by atoms with Crippen molar-refractivity contribution in [3.05, 3.63) is 34.9 Å². The van der Waals surface area contributed by atoms with Gasteiger partial charge in [-0.15, -0.1) is 0 Å². The molecule has 112 valence electrons. The molecule has 1 heterocycles. The predicted molar refractivity (Wildman–Crippen MR) is 76.9 cm³/mol. The molecule has 0 N–H and O–H groups in total. The van der Waals surface area contributed by atoms with Gasteiger partial charge in [0.15, 0.2) is 0 Å². The van der Waals surface area contributed by atoms with Crippen molar-refractivity contribution in [1.82, 2.24) is 0 Å². The van der Waals surface area contributed by atoms with Crippen molar-refractivity contribution in [3.63, 3.8) is 0 Å². The number of benzene rings is 1. The highest BCUT2D eigenvalue weighted by Crippen LogP contribution is 2.34. The fraction of sp³-hybridized carbons (Fsp3) is 0.529. The van der Waals surface area contributed by atoms with Gasteiger partial charge in [-0.25, -0.2) is 4.79 Å². The van der Waals surface area contributed by atoms with Crippen molar-refractivity contribution < 1.29 is 19.1 Å². The van der Waals surface area contributed by atoms with Crippen LogP contribution in [0.2, 0.25) is 0 Å². The number of cyclic esters (lactones) is 1. The Hall–Kier alpha value is -1.84. The summed E-state index contributed by atoms with van der Waals surface area (Å²) >= 11 is 0. The van der Waals surface area contributed by atoms with E-state index in [0.29, 0.717) is 5.56 Å². The summed E-state index contributed by atoms with van der Waals surface area (Å²) in [4.78, 5) is 23.9. The van der Waals surface area contributed by atoms with Crippen LogP contribution >= 0.6 is 0 Å². The predicted octanol–water partition coefficient (Wildman–Crippen LogP) is 3.47. The van der Waals surface area contributed by atoms with Crippen molar-refractivity contribution in [1.29, 1.82) is 0 Å². The molecule has 3 rings (SSSR count). The second-order valence-corrected chi connectivity index (χ2v) is 5.94. The minimum Gasteiger partial charge on any atom is -0.462 e. The smallest absolute Gasteiger partial charge is 0.339 e. The number of fused-ring (bicyclic) bond motifs is 1. The van der Waals surface area contributed by atoms with Crippen LogP contribution in [0, 0.1) is 6.92 Å². The number of ether oxygens (including phenoxy) is 2. The summed E-state index contributed by atoms with van der Waals surface area (Å²) in [7, 11) is 0. The molecule has 0 radical (unpaired) electrons. The molecule has 0 bridgehead atoms. The van der Waals surface area contributed by atoms with Crippen molar-refractivity contribution in [2.75, 3.05) is 0 Å². The third-order valence-corrected chi connectivity index (χ3v) is 4.23. The highest BCUT2D eigenvalue weighted by atomic mass is 16.6. The van der Waals surface area contributed by atoms with Gasteiger partial charge in [0, 0.05) is 5.56 Å². The molecule has 4 nitrogen and oxygen atoms in total. The first-order valence-electron chi connectivity index (χ1n) is 7.64. The second kappa shape index (κ2) is 5.88. The fourth-order valence-corrected chi connectivity index (χ4v) is 3.10. The van der Waals surface area contributed by atoms with E-state index in [1.54, 1.807) is 0 Å². The summed E-state index contributed by atoms with van der Waals surface area (Å²) in [5, 5.41) is 0. The van der Waals surface area contributed by atoms with Crippen molar-refractivity contribution >= 4 is 11.9 Å². The highest BCUT2D eigenvalue weighted by Gasteiger charge is 2.33. The van der Waals surface area contributed by atoms with E-state index in [0.717, 1.165) is 36.8 Å². The zero-order valence-electron chi connectivity index (χ0n) is 12.3. The molecule has 0 aromatic heterocycles. The van der Waals surface area contributed by atoms with Crippen molar-refractivity contribution in [2.24, 2.45) is 0 Å². The first-order chi connectivity index (χ1) is 10.1. The van der Waals surface area contributed by atoms with E-state index >= 15 is 0 Å². The Morgan fingerprint density at radius 2 is 2.05 bits per heavy atom. The number of hydrogen-bond acceptors (Lipinski definition) is 4. The average molecular weight is 288 g/mol. The topological polar surface area (TPSA) is 52.6 Å². The van der Waals surface area contributed by atoms with Crippen LogP contribution in [0.4, 0.5) is 0 Å². The quantitative estimate of drug-likeness (QED) is 0.799. The zero-order valence-corrected chi connectivity index (χ0v) is 12.3. The molecule has 1 atom stereocenters. The van der Waals surface area contributed by atoms with Crippen LogP contribution in [0.1, 0.15) is 66.1 Å². The second-order valence-electron chi connectivity index (χ2n) is 5.94. The number of aryl methyl sites for hydroxylation is 1. The summed E-state index contributed by atoms with van der Waals surface area (Å²) in [5.41, 5.74) is 2.38. The Labute approximate surface area is 124 Å². The van der Waals surface area contributed by atoms with Gasteiger partial charge < -0.3 is 9.47 Å². The summed E-state index contributed by atoms with van der Waals surface area (Å²) in [6, 6.07) is 5.61. The molecule has 1 aromatic carbocycles. The molecular formula is C17H20O4. The van der Waals surface area contributed by atoms with E-state index in [4.69, 9.17) is 9.47 Å². The Balaban J connectivity index is 1.63. The number of esters is 2. The lowest BCUT2D eigenvalue weighted by Crippen LogP contribution is -2.22. The largest absolute Gasteiger partial charge is 0.462 e. The Morgan fingerprint density at radius 1 is 1.29 bits per heavy atom. The Bertz CT molecular complexity index is 558. The molecule has 1 aliphatic heterocycles. The third kappa shape index (κ3) is 3.09. The average Bonchev–Trinajstić information content (AvgIpc) is 2.76. The number of hydrogen-bond donors (Lipinski definition) is 0. The van der Waals surface area contributed by atoms with Gasteiger partial charge in [-0.3, -0.25) is 4.79 Å². The minimum absolute atomic E-state index is 0.0424. The first kappa shape index (κ1) is 14.1. The van der Waals surface area contributed by atoms with Gasteiger partial charge in [0.2, 0.25) is 0 Å². The maximum atomic E-state index is 12.0. The summed E-state index contributed by atoms with van der Waals surface area (Å²) in [6.07, 6.45) is 5.03. The van der Waals surface area contributed by atoms with Gasteiger partial charge in [-0.1, -0.05) is 24.1 Å². The summed E-state index contributed by atoms with van der Waals surface area (Å²) in [5.74, 6) is -0.614. The van der Waals surface area contributed by atoms with Crippen LogP contribution in [-0.2, 0) is 14.3 Å².